The zero-order chi connectivity index (χ0) is 19.9. The van der Waals surface area contributed by atoms with Crippen LogP contribution in [0.4, 0.5) is 0 Å². The van der Waals surface area contributed by atoms with Crippen LogP contribution in [0.3, 0.4) is 0 Å². The number of halogens is 1. The lowest BCUT2D eigenvalue weighted by molar-refractivity contribution is -0.131. The number of hydrogen-bond donors (Lipinski definition) is 1. The highest BCUT2D eigenvalue weighted by Gasteiger charge is 2.23. The van der Waals surface area contributed by atoms with Gasteiger partial charge in [0, 0.05) is 49.3 Å². The van der Waals surface area contributed by atoms with Gasteiger partial charge in [-0.3, -0.25) is 9.79 Å². The molecule has 1 saturated heterocycles. The topological polar surface area (TPSA) is 60.8 Å². The molecule has 1 aliphatic rings. The van der Waals surface area contributed by atoms with Gasteiger partial charge in [-0.05, 0) is 24.1 Å². The Morgan fingerprint density at radius 1 is 1.29 bits per heavy atom. The van der Waals surface area contributed by atoms with Gasteiger partial charge in [0.2, 0.25) is 5.91 Å². The van der Waals surface area contributed by atoms with Crippen molar-refractivity contribution >= 4 is 34.8 Å². The van der Waals surface area contributed by atoms with E-state index in [1.807, 2.05) is 35.4 Å². The molecule has 8 heteroatoms. The highest BCUT2D eigenvalue weighted by Crippen LogP contribution is 2.14. The third kappa shape index (κ3) is 5.45. The molecule has 0 radical (unpaired) electrons. The molecule has 6 nitrogen and oxygen atoms in total. The van der Waals surface area contributed by atoms with Crippen LogP contribution in [0.5, 0.6) is 0 Å². The number of thiazole rings is 1. The van der Waals surface area contributed by atoms with Crippen LogP contribution in [0.2, 0.25) is 5.02 Å². The standard InChI is InChI=1S/C20H26ClN5OS/c1-3-17-13-23-18(28-17)14-24-20(22-2)26-9-7-25(8-10-26)19(27)12-15-5-4-6-16(21)11-15/h4-6,11,13H,3,7-10,12,14H2,1-2H3,(H,22,24). The first kappa shape index (κ1) is 20.6. The average molecular weight is 420 g/mol. The van der Waals surface area contributed by atoms with Crippen molar-refractivity contribution in [1.82, 2.24) is 20.1 Å². The quantitative estimate of drug-likeness (QED) is 0.598. The summed E-state index contributed by atoms with van der Waals surface area (Å²) >= 11 is 7.74. The van der Waals surface area contributed by atoms with Gasteiger partial charge in [-0.2, -0.15) is 0 Å². The number of carbonyl (C=O) groups is 1. The average Bonchev–Trinajstić information content (AvgIpc) is 3.17. The molecule has 0 bridgehead atoms. The second-order valence-corrected chi connectivity index (χ2v) is 8.29. The van der Waals surface area contributed by atoms with Crippen LogP contribution in [0.1, 0.15) is 22.4 Å². The smallest absolute Gasteiger partial charge is 0.227 e. The van der Waals surface area contributed by atoms with E-state index in [1.165, 1.54) is 4.88 Å². The number of benzene rings is 1. The summed E-state index contributed by atoms with van der Waals surface area (Å²) in [5.41, 5.74) is 0.951. The number of aryl methyl sites for hydroxylation is 1. The zero-order valence-corrected chi connectivity index (χ0v) is 17.9. The maximum Gasteiger partial charge on any atom is 0.227 e. The number of nitrogens with zero attached hydrogens (tertiary/aromatic N) is 4. The number of guanidine groups is 1. The van der Waals surface area contributed by atoms with E-state index in [0.717, 1.165) is 36.0 Å². The number of rotatable bonds is 5. The third-order valence-corrected chi connectivity index (χ3v) is 6.11. The minimum Gasteiger partial charge on any atom is -0.350 e. The Morgan fingerprint density at radius 3 is 2.68 bits per heavy atom. The van der Waals surface area contributed by atoms with Gasteiger partial charge in [-0.1, -0.05) is 30.7 Å². The van der Waals surface area contributed by atoms with Crippen LogP contribution in [0.15, 0.2) is 35.5 Å². The molecule has 0 unspecified atom stereocenters. The largest absolute Gasteiger partial charge is 0.350 e. The molecule has 0 aliphatic carbocycles. The molecule has 1 aromatic heterocycles. The number of carbonyl (C=O) groups excluding carboxylic acids is 1. The lowest BCUT2D eigenvalue weighted by atomic mass is 10.1. The second kappa shape index (κ2) is 9.89. The molecule has 1 aliphatic heterocycles. The zero-order valence-electron chi connectivity index (χ0n) is 16.3. The summed E-state index contributed by atoms with van der Waals surface area (Å²) in [5.74, 6) is 0.995. The number of aromatic nitrogens is 1. The minimum absolute atomic E-state index is 0.139. The molecule has 3 rings (SSSR count). The number of amides is 1. The highest BCUT2D eigenvalue weighted by atomic mass is 35.5. The van der Waals surface area contributed by atoms with Gasteiger partial charge in [-0.25, -0.2) is 4.98 Å². The number of nitrogens with one attached hydrogen (secondary N) is 1. The van der Waals surface area contributed by atoms with E-state index in [9.17, 15) is 4.79 Å². The van der Waals surface area contributed by atoms with Crippen molar-refractivity contribution in [3.05, 3.63) is 50.9 Å². The monoisotopic (exact) mass is 419 g/mol. The van der Waals surface area contributed by atoms with Gasteiger partial charge >= 0.3 is 0 Å². The molecule has 0 spiro atoms. The molecular formula is C20H26ClN5OS. The number of aliphatic imine (C=N–C) groups is 1. The second-order valence-electron chi connectivity index (χ2n) is 6.65. The molecule has 1 aromatic carbocycles. The van der Waals surface area contributed by atoms with E-state index in [2.05, 4.69) is 27.1 Å². The lowest BCUT2D eigenvalue weighted by Crippen LogP contribution is -2.53. The summed E-state index contributed by atoms with van der Waals surface area (Å²) in [6.07, 6.45) is 3.34. The van der Waals surface area contributed by atoms with Gasteiger partial charge in [0.1, 0.15) is 5.01 Å². The van der Waals surface area contributed by atoms with Crippen LogP contribution < -0.4 is 5.32 Å². The van der Waals surface area contributed by atoms with Crippen molar-refractivity contribution in [1.29, 1.82) is 0 Å². The van der Waals surface area contributed by atoms with Crippen LogP contribution in [0, 0.1) is 0 Å². The predicted molar refractivity (Wildman–Crippen MR) is 115 cm³/mol. The van der Waals surface area contributed by atoms with E-state index in [1.54, 1.807) is 18.4 Å². The van der Waals surface area contributed by atoms with E-state index >= 15 is 0 Å². The Morgan fingerprint density at radius 2 is 2.04 bits per heavy atom. The molecule has 2 heterocycles. The Labute approximate surface area is 175 Å². The third-order valence-electron chi connectivity index (χ3n) is 4.74. The minimum atomic E-state index is 0.139. The fraction of sp³-hybridized carbons (Fsp3) is 0.450. The summed E-state index contributed by atoms with van der Waals surface area (Å²) in [4.78, 5) is 26.8. The first-order valence-electron chi connectivity index (χ1n) is 9.50. The maximum atomic E-state index is 12.6. The summed E-state index contributed by atoms with van der Waals surface area (Å²) in [7, 11) is 1.79. The fourth-order valence-corrected chi connectivity index (χ4v) is 4.20. The van der Waals surface area contributed by atoms with Gasteiger partial charge in [0.05, 0.1) is 13.0 Å². The molecule has 1 amide bonds. The SMILES string of the molecule is CCc1cnc(CNC(=NC)N2CCN(C(=O)Cc3cccc(Cl)c3)CC2)s1. The van der Waals surface area contributed by atoms with Crippen molar-refractivity contribution in [2.45, 2.75) is 26.3 Å². The van der Waals surface area contributed by atoms with Crippen LogP contribution in [0.25, 0.3) is 0 Å². The van der Waals surface area contributed by atoms with E-state index in [-0.39, 0.29) is 5.91 Å². The Bertz CT molecular complexity index is 830. The summed E-state index contributed by atoms with van der Waals surface area (Å²) < 4.78 is 0. The Kier molecular flexibility index (Phi) is 7.28. The number of hydrogen-bond acceptors (Lipinski definition) is 4. The predicted octanol–water partition coefficient (Wildman–Crippen LogP) is 2.82. The molecule has 0 saturated carbocycles. The molecule has 0 atom stereocenters. The van der Waals surface area contributed by atoms with E-state index in [0.29, 0.717) is 31.1 Å². The van der Waals surface area contributed by atoms with Gasteiger partial charge in [0.25, 0.3) is 0 Å². The van der Waals surface area contributed by atoms with Crippen LogP contribution >= 0.6 is 22.9 Å². The summed E-state index contributed by atoms with van der Waals surface area (Å²) in [5, 5.41) is 5.12. The van der Waals surface area contributed by atoms with Crippen LogP contribution in [-0.2, 0) is 24.2 Å². The molecule has 150 valence electrons. The van der Waals surface area contributed by atoms with Gasteiger partial charge in [-0.15, -0.1) is 11.3 Å². The van der Waals surface area contributed by atoms with Crippen molar-refractivity contribution in [3.8, 4) is 0 Å². The molecular weight excluding hydrogens is 394 g/mol. The van der Waals surface area contributed by atoms with Crippen LogP contribution in [-0.4, -0.2) is 59.9 Å². The number of piperazine rings is 1. The highest BCUT2D eigenvalue weighted by molar-refractivity contribution is 7.11. The summed E-state index contributed by atoms with van der Waals surface area (Å²) in [6, 6.07) is 7.49. The molecule has 1 fully saturated rings. The van der Waals surface area contributed by atoms with Crippen molar-refractivity contribution < 1.29 is 4.79 Å². The molecule has 2 aromatic rings. The van der Waals surface area contributed by atoms with E-state index < -0.39 is 0 Å². The van der Waals surface area contributed by atoms with Crippen molar-refractivity contribution in [2.75, 3.05) is 33.2 Å². The summed E-state index contributed by atoms with van der Waals surface area (Å²) in [6.45, 7) is 5.72. The van der Waals surface area contributed by atoms with Crippen molar-refractivity contribution in [2.24, 2.45) is 4.99 Å². The lowest BCUT2D eigenvalue weighted by Gasteiger charge is -2.36. The van der Waals surface area contributed by atoms with Gasteiger partial charge < -0.3 is 15.1 Å². The first-order valence-corrected chi connectivity index (χ1v) is 10.7. The Hall–Kier alpha value is -2.12. The van der Waals surface area contributed by atoms with E-state index in [4.69, 9.17) is 11.6 Å². The molecule has 1 N–H and O–H groups in total. The first-order chi connectivity index (χ1) is 13.6. The van der Waals surface area contributed by atoms with Crippen molar-refractivity contribution in [3.63, 3.8) is 0 Å². The van der Waals surface area contributed by atoms with Gasteiger partial charge in [0.15, 0.2) is 5.96 Å². The maximum absolute atomic E-state index is 12.6. The normalized spacial score (nSPS) is 15.0. The Balaban J connectivity index is 1.48. The molecule has 28 heavy (non-hydrogen) atoms. The fourth-order valence-electron chi connectivity index (χ4n) is 3.18.